The number of nitrogens with one attached hydrogen (secondary N) is 1. The lowest BCUT2D eigenvalue weighted by Gasteiger charge is -2.07. The van der Waals surface area contributed by atoms with E-state index in [1.807, 2.05) is 0 Å². The van der Waals surface area contributed by atoms with Crippen LogP contribution in [0.1, 0.15) is 10.4 Å². The van der Waals surface area contributed by atoms with Crippen molar-refractivity contribution in [2.75, 3.05) is 39.2 Å². The quantitative estimate of drug-likeness (QED) is 0.559. The first kappa shape index (κ1) is 14.4. The molecule has 1 aromatic rings. The van der Waals surface area contributed by atoms with Gasteiger partial charge in [0, 0.05) is 19.3 Å². The molecule has 0 aliphatic heterocycles. The zero-order valence-corrected chi connectivity index (χ0v) is 10.2. The number of hydrogen-bond acceptors (Lipinski definition) is 4. The van der Waals surface area contributed by atoms with Crippen LogP contribution in [0.2, 0.25) is 0 Å². The molecule has 0 radical (unpaired) electrons. The molecule has 0 bridgehead atoms. The normalized spacial score (nSPS) is 10.3. The summed E-state index contributed by atoms with van der Waals surface area (Å²) in [6.07, 6.45) is 0. The summed E-state index contributed by atoms with van der Waals surface area (Å²) in [6, 6.07) is 3.95. The van der Waals surface area contributed by atoms with Crippen LogP contribution < -0.4 is 11.1 Å². The first-order valence-corrected chi connectivity index (χ1v) is 5.55. The van der Waals surface area contributed by atoms with Gasteiger partial charge >= 0.3 is 0 Å². The van der Waals surface area contributed by atoms with Crippen molar-refractivity contribution in [1.82, 2.24) is 5.32 Å². The second kappa shape index (κ2) is 7.62. The van der Waals surface area contributed by atoms with Crippen LogP contribution in [0, 0.1) is 5.82 Å². The molecule has 1 amide bonds. The van der Waals surface area contributed by atoms with Crippen molar-refractivity contribution >= 4 is 11.6 Å². The predicted molar refractivity (Wildman–Crippen MR) is 65.8 cm³/mol. The highest BCUT2D eigenvalue weighted by Gasteiger charge is 2.10. The number of amides is 1. The molecule has 3 N–H and O–H groups in total. The van der Waals surface area contributed by atoms with Crippen LogP contribution in [0.15, 0.2) is 18.2 Å². The van der Waals surface area contributed by atoms with Gasteiger partial charge in [0.05, 0.1) is 25.4 Å². The third-order valence-corrected chi connectivity index (χ3v) is 2.20. The van der Waals surface area contributed by atoms with E-state index in [0.717, 1.165) is 6.07 Å². The molecule has 0 fully saturated rings. The van der Waals surface area contributed by atoms with Gasteiger partial charge in [-0.25, -0.2) is 4.39 Å². The topological polar surface area (TPSA) is 73.6 Å². The summed E-state index contributed by atoms with van der Waals surface area (Å²) in [5.74, 6) is -1.12. The number of hydrogen-bond donors (Lipinski definition) is 2. The van der Waals surface area contributed by atoms with Crippen molar-refractivity contribution < 1.29 is 18.7 Å². The maximum Gasteiger partial charge on any atom is 0.254 e. The summed E-state index contributed by atoms with van der Waals surface area (Å²) in [6.45, 7) is 1.63. The Balaban J connectivity index is 2.32. The van der Waals surface area contributed by atoms with E-state index >= 15 is 0 Å². The Morgan fingerprint density at radius 2 is 2.17 bits per heavy atom. The van der Waals surface area contributed by atoms with Crippen molar-refractivity contribution in [1.29, 1.82) is 0 Å². The molecule has 0 aliphatic rings. The van der Waals surface area contributed by atoms with E-state index in [-0.39, 0.29) is 11.3 Å². The lowest BCUT2D eigenvalue weighted by Crippen LogP contribution is -2.28. The van der Waals surface area contributed by atoms with E-state index in [2.05, 4.69) is 5.32 Å². The number of nitrogen functional groups attached to an aromatic ring is 1. The fourth-order valence-electron chi connectivity index (χ4n) is 1.29. The molecule has 1 aromatic carbocycles. The highest BCUT2D eigenvalue weighted by atomic mass is 19.1. The summed E-state index contributed by atoms with van der Waals surface area (Å²) < 4.78 is 23.3. The van der Waals surface area contributed by atoms with E-state index in [0.29, 0.717) is 26.4 Å². The molecule has 1 rings (SSSR count). The smallest absolute Gasteiger partial charge is 0.254 e. The number of halogens is 1. The molecule has 0 heterocycles. The van der Waals surface area contributed by atoms with Gasteiger partial charge in [-0.3, -0.25) is 4.79 Å². The molecule has 0 spiro atoms. The zero-order chi connectivity index (χ0) is 13.4. The molecule has 0 saturated carbocycles. The first-order valence-electron chi connectivity index (χ1n) is 5.55. The number of rotatable bonds is 7. The van der Waals surface area contributed by atoms with Crippen molar-refractivity contribution in [3.63, 3.8) is 0 Å². The Bertz CT molecular complexity index is 399. The number of benzene rings is 1. The van der Waals surface area contributed by atoms with Crippen molar-refractivity contribution in [3.05, 3.63) is 29.6 Å². The molecule has 0 aromatic heterocycles. The number of anilines is 1. The summed E-state index contributed by atoms with van der Waals surface area (Å²) in [7, 11) is 1.58. The second-order valence-electron chi connectivity index (χ2n) is 3.60. The molecule has 0 saturated heterocycles. The van der Waals surface area contributed by atoms with E-state index in [1.165, 1.54) is 12.1 Å². The Kier molecular flexibility index (Phi) is 6.10. The van der Waals surface area contributed by atoms with Crippen molar-refractivity contribution in [2.24, 2.45) is 0 Å². The van der Waals surface area contributed by atoms with Gasteiger partial charge in [0.15, 0.2) is 0 Å². The van der Waals surface area contributed by atoms with Crippen LogP contribution >= 0.6 is 0 Å². The highest BCUT2D eigenvalue weighted by Crippen LogP contribution is 2.11. The Labute approximate surface area is 105 Å². The number of methoxy groups -OCH3 is 1. The lowest BCUT2D eigenvalue weighted by molar-refractivity contribution is 0.0692. The fourth-order valence-corrected chi connectivity index (χ4v) is 1.29. The summed E-state index contributed by atoms with van der Waals surface area (Å²) in [5.41, 5.74) is 5.65. The number of carbonyl (C=O) groups is 1. The van der Waals surface area contributed by atoms with Gasteiger partial charge in [-0.05, 0) is 18.2 Å². The van der Waals surface area contributed by atoms with Gasteiger partial charge in [0.1, 0.15) is 5.82 Å². The van der Waals surface area contributed by atoms with Crippen LogP contribution in [0.4, 0.5) is 10.1 Å². The minimum absolute atomic E-state index is 0.0268. The minimum atomic E-state index is -0.632. The van der Waals surface area contributed by atoms with Crippen LogP contribution in [-0.2, 0) is 9.47 Å². The Morgan fingerprint density at radius 1 is 1.39 bits per heavy atom. The SMILES string of the molecule is COCCOCCNC(=O)c1ccc(N)cc1F. The maximum atomic E-state index is 13.4. The van der Waals surface area contributed by atoms with Gasteiger partial charge in [0.25, 0.3) is 5.91 Å². The van der Waals surface area contributed by atoms with Gasteiger partial charge in [-0.1, -0.05) is 0 Å². The third-order valence-electron chi connectivity index (χ3n) is 2.20. The summed E-state index contributed by atoms with van der Waals surface area (Å²) in [4.78, 5) is 11.6. The average Bonchev–Trinajstić information content (AvgIpc) is 2.33. The fraction of sp³-hybridized carbons (Fsp3) is 0.417. The number of carbonyl (C=O) groups excluding carboxylic acids is 1. The van der Waals surface area contributed by atoms with Crippen LogP contribution in [0.25, 0.3) is 0 Å². The van der Waals surface area contributed by atoms with Gasteiger partial charge in [-0.2, -0.15) is 0 Å². The minimum Gasteiger partial charge on any atom is -0.399 e. The number of nitrogens with two attached hydrogens (primary N) is 1. The van der Waals surface area contributed by atoms with E-state index in [9.17, 15) is 9.18 Å². The van der Waals surface area contributed by atoms with Crippen LogP contribution in [-0.4, -0.2) is 39.4 Å². The molecule has 5 nitrogen and oxygen atoms in total. The molecule has 0 atom stereocenters. The largest absolute Gasteiger partial charge is 0.399 e. The molecule has 18 heavy (non-hydrogen) atoms. The molecule has 0 aliphatic carbocycles. The molecule has 6 heteroatoms. The van der Waals surface area contributed by atoms with Gasteiger partial charge < -0.3 is 20.5 Å². The first-order chi connectivity index (χ1) is 8.65. The van der Waals surface area contributed by atoms with Crippen LogP contribution in [0.3, 0.4) is 0 Å². The Morgan fingerprint density at radius 3 is 2.83 bits per heavy atom. The van der Waals surface area contributed by atoms with Crippen molar-refractivity contribution in [3.8, 4) is 0 Å². The summed E-state index contributed by atoms with van der Waals surface area (Å²) in [5, 5.41) is 2.55. The maximum absolute atomic E-state index is 13.4. The standard InChI is InChI=1S/C12H17FN2O3/c1-17-6-7-18-5-4-15-12(16)10-3-2-9(14)8-11(10)13/h2-3,8H,4-7,14H2,1H3,(H,15,16). The molecular formula is C12H17FN2O3. The zero-order valence-electron chi connectivity index (χ0n) is 10.2. The molecule has 100 valence electrons. The molecule has 0 unspecified atom stereocenters. The molecular weight excluding hydrogens is 239 g/mol. The van der Waals surface area contributed by atoms with E-state index in [1.54, 1.807) is 7.11 Å². The monoisotopic (exact) mass is 256 g/mol. The Hall–Kier alpha value is -1.66. The summed E-state index contributed by atoms with van der Waals surface area (Å²) >= 11 is 0. The van der Waals surface area contributed by atoms with E-state index in [4.69, 9.17) is 15.2 Å². The highest BCUT2D eigenvalue weighted by molar-refractivity contribution is 5.94. The number of ether oxygens (including phenoxy) is 2. The van der Waals surface area contributed by atoms with Crippen LogP contribution in [0.5, 0.6) is 0 Å². The average molecular weight is 256 g/mol. The predicted octanol–water partition coefficient (Wildman–Crippen LogP) is 0.801. The van der Waals surface area contributed by atoms with E-state index < -0.39 is 11.7 Å². The third kappa shape index (κ3) is 4.68. The van der Waals surface area contributed by atoms with Gasteiger partial charge in [-0.15, -0.1) is 0 Å². The second-order valence-corrected chi connectivity index (χ2v) is 3.60. The van der Waals surface area contributed by atoms with Gasteiger partial charge in [0.2, 0.25) is 0 Å². The van der Waals surface area contributed by atoms with Crippen molar-refractivity contribution in [2.45, 2.75) is 0 Å². The lowest BCUT2D eigenvalue weighted by atomic mass is 10.2.